The summed E-state index contributed by atoms with van der Waals surface area (Å²) in [6, 6.07) is 0. The van der Waals surface area contributed by atoms with Gasteiger partial charge in [0.2, 0.25) is 0 Å². The molecule has 0 bridgehead atoms. The van der Waals surface area contributed by atoms with Crippen molar-refractivity contribution in [3.05, 3.63) is 0 Å². The van der Waals surface area contributed by atoms with Crippen LogP contribution in [0.4, 0.5) is 0 Å². The topological polar surface area (TPSA) is 251 Å². The normalized spacial score (nSPS) is 6.82. The summed E-state index contributed by atoms with van der Waals surface area (Å²) < 4.78 is 0. The van der Waals surface area contributed by atoms with E-state index in [9.17, 15) is 0 Å². The summed E-state index contributed by atoms with van der Waals surface area (Å²) in [5.41, 5.74) is 10.3. The van der Waals surface area contributed by atoms with Crippen LogP contribution in [0.3, 0.4) is 0 Å². The Kier molecular flexibility index (Phi) is 71.2. The van der Waals surface area contributed by atoms with E-state index in [0.717, 1.165) is 47.7 Å². The summed E-state index contributed by atoms with van der Waals surface area (Å²) >= 11 is 0. The van der Waals surface area contributed by atoms with Crippen LogP contribution in [0.2, 0.25) is 0 Å². The molecule has 0 radical (unpaired) electrons. The van der Waals surface area contributed by atoms with Crippen LogP contribution in [0.15, 0.2) is 0 Å². The Morgan fingerprint density at radius 3 is 0.750 bits per heavy atom. The number of aliphatic carboxylic acids is 5. The summed E-state index contributed by atoms with van der Waals surface area (Å²) in [6.07, 6.45) is 0. The molecular formula is C14H33N3O10Ru. The van der Waals surface area contributed by atoms with Crippen LogP contribution in [-0.4, -0.2) is 81.6 Å². The Balaban J connectivity index is -0.0000000382. The molecule has 0 saturated carbocycles. The molecule has 0 rings (SSSR count). The van der Waals surface area contributed by atoms with Gasteiger partial charge in [0.15, 0.2) is 0 Å². The summed E-state index contributed by atoms with van der Waals surface area (Å²) in [4.78, 5) is 45.0. The number of hydrogen-bond donors (Lipinski definition) is 8. The zero-order chi connectivity index (χ0) is 23.4. The Labute approximate surface area is 176 Å². The predicted molar refractivity (Wildman–Crippen MR) is 97.5 cm³/mol. The van der Waals surface area contributed by atoms with Crippen LogP contribution in [0.1, 0.15) is 34.6 Å². The number of carboxylic acids is 5. The molecule has 10 N–H and O–H groups in total. The second-order valence-electron chi connectivity index (χ2n) is 3.92. The van der Waals surface area contributed by atoms with Crippen LogP contribution >= 0.6 is 0 Å². The summed E-state index contributed by atoms with van der Waals surface area (Å²) in [7, 11) is 0. The number of nitrogens with one attached hydrogen (secondary N) is 1. The Morgan fingerprint density at radius 2 is 0.679 bits per heavy atom. The van der Waals surface area contributed by atoms with Crippen molar-refractivity contribution in [2.24, 2.45) is 11.5 Å². The molecule has 28 heavy (non-hydrogen) atoms. The molecule has 0 aromatic heterocycles. The van der Waals surface area contributed by atoms with E-state index >= 15 is 0 Å². The molecule has 0 fully saturated rings. The molecule has 0 aliphatic rings. The zero-order valence-corrected chi connectivity index (χ0v) is 18.4. The molecule has 0 aromatic carbocycles. The Morgan fingerprint density at radius 1 is 0.571 bits per heavy atom. The third-order valence-electron chi connectivity index (χ3n) is 0.642. The van der Waals surface area contributed by atoms with Crippen molar-refractivity contribution >= 4 is 29.8 Å². The first kappa shape index (κ1) is 44.9. The molecule has 0 aromatic rings. The van der Waals surface area contributed by atoms with Crippen molar-refractivity contribution in [3.8, 4) is 0 Å². The molecular weight excluding hydrogens is 471 g/mol. The summed E-state index contributed by atoms with van der Waals surface area (Å²) in [6.45, 7) is 8.55. The molecule has 0 aliphatic heterocycles. The largest absolute Gasteiger partial charge is 0.481 e. The van der Waals surface area contributed by atoms with E-state index in [-0.39, 0.29) is 19.5 Å². The van der Waals surface area contributed by atoms with Gasteiger partial charge in [0.25, 0.3) is 29.8 Å². The van der Waals surface area contributed by atoms with Crippen molar-refractivity contribution in [1.29, 1.82) is 0 Å². The third-order valence-corrected chi connectivity index (χ3v) is 0.642. The molecule has 0 amide bonds. The van der Waals surface area contributed by atoms with Crippen molar-refractivity contribution in [3.63, 3.8) is 0 Å². The van der Waals surface area contributed by atoms with Crippen molar-refractivity contribution in [2.75, 3.05) is 26.2 Å². The van der Waals surface area contributed by atoms with Gasteiger partial charge in [-0.25, -0.2) is 0 Å². The molecule has 0 unspecified atom stereocenters. The second kappa shape index (κ2) is 44.4. The van der Waals surface area contributed by atoms with Gasteiger partial charge >= 0.3 is 0 Å². The van der Waals surface area contributed by atoms with Crippen LogP contribution in [0, 0.1) is 0 Å². The number of carboxylic acid groups (broad SMARTS) is 5. The predicted octanol–water partition coefficient (Wildman–Crippen LogP) is -1.05. The van der Waals surface area contributed by atoms with Gasteiger partial charge in [0.05, 0.1) is 0 Å². The first-order valence-electron chi connectivity index (χ1n) is 7.16. The minimum atomic E-state index is -0.833. The maximum atomic E-state index is 9.00. The van der Waals surface area contributed by atoms with E-state index in [4.69, 9.17) is 61.0 Å². The summed E-state index contributed by atoms with van der Waals surface area (Å²) in [5.74, 6) is -4.17. The fourth-order valence-electron chi connectivity index (χ4n) is 0.329. The number of rotatable bonds is 4. The minimum absolute atomic E-state index is 0. The molecule has 172 valence electrons. The van der Waals surface area contributed by atoms with E-state index in [2.05, 4.69) is 5.32 Å². The number of carbonyl (C=O) groups is 5. The van der Waals surface area contributed by atoms with Crippen LogP contribution in [0.25, 0.3) is 0 Å². The first-order chi connectivity index (χ1) is 12.1. The SMILES string of the molecule is CC(=O)O.CC(=O)O.CC(=O)O.CC(=O)O.CC(=O)O.NCCNCCN.[Ru]. The van der Waals surface area contributed by atoms with Gasteiger partial charge in [0, 0.05) is 80.3 Å². The Hall–Kier alpha value is -2.15. The maximum absolute atomic E-state index is 9.00. The monoisotopic (exact) mass is 505 g/mol. The van der Waals surface area contributed by atoms with Gasteiger partial charge in [-0.05, 0) is 0 Å². The van der Waals surface area contributed by atoms with E-state index in [0.29, 0.717) is 13.1 Å². The molecule has 0 saturated heterocycles. The molecule has 0 spiro atoms. The van der Waals surface area contributed by atoms with E-state index in [1.807, 2.05) is 0 Å². The smallest absolute Gasteiger partial charge is 0.300 e. The second-order valence-corrected chi connectivity index (χ2v) is 3.92. The van der Waals surface area contributed by atoms with Crippen molar-refractivity contribution < 1.29 is 69.0 Å². The van der Waals surface area contributed by atoms with Gasteiger partial charge in [-0.3, -0.25) is 24.0 Å². The standard InChI is InChI=1S/C4H13N3.5C2H4O2.Ru/c5-1-3-7-4-2-6;5*1-2(3)4;/h7H,1-6H2;5*1H3,(H,3,4);. The van der Waals surface area contributed by atoms with Gasteiger partial charge in [-0.2, -0.15) is 0 Å². The van der Waals surface area contributed by atoms with Crippen molar-refractivity contribution in [2.45, 2.75) is 34.6 Å². The van der Waals surface area contributed by atoms with Crippen LogP contribution in [-0.2, 0) is 43.5 Å². The van der Waals surface area contributed by atoms with Crippen LogP contribution in [0.5, 0.6) is 0 Å². The minimum Gasteiger partial charge on any atom is -0.481 e. The van der Waals surface area contributed by atoms with Gasteiger partial charge < -0.3 is 42.3 Å². The number of nitrogens with two attached hydrogens (primary N) is 2. The molecule has 0 aliphatic carbocycles. The molecule has 14 heteroatoms. The average Bonchev–Trinajstić information content (AvgIpc) is 2.35. The Bertz CT molecular complexity index is 289. The average molecular weight is 504 g/mol. The van der Waals surface area contributed by atoms with E-state index in [1.54, 1.807) is 0 Å². The van der Waals surface area contributed by atoms with Gasteiger partial charge in [0.1, 0.15) is 0 Å². The quantitative estimate of drug-likeness (QED) is 0.168. The fraction of sp³-hybridized carbons (Fsp3) is 0.643. The molecule has 0 heterocycles. The van der Waals surface area contributed by atoms with E-state index in [1.165, 1.54) is 0 Å². The van der Waals surface area contributed by atoms with E-state index < -0.39 is 29.8 Å². The third kappa shape index (κ3) is 3630. The summed E-state index contributed by atoms with van der Waals surface area (Å²) in [5, 5.41) is 40.1. The van der Waals surface area contributed by atoms with Crippen molar-refractivity contribution in [1.82, 2.24) is 5.32 Å². The van der Waals surface area contributed by atoms with Crippen LogP contribution < -0.4 is 16.8 Å². The molecule has 13 nitrogen and oxygen atoms in total. The van der Waals surface area contributed by atoms with Gasteiger partial charge in [-0.15, -0.1) is 0 Å². The number of hydrogen-bond acceptors (Lipinski definition) is 8. The maximum Gasteiger partial charge on any atom is 0.300 e. The first-order valence-corrected chi connectivity index (χ1v) is 7.16. The van der Waals surface area contributed by atoms with Gasteiger partial charge in [-0.1, -0.05) is 0 Å². The molecule has 0 atom stereocenters. The zero-order valence-electron chi connectivity index (χ0n) is 16.6. The fourth-order valence-corrected chi connectivity index (χ4v) is 0.329.